The summed E-state index contributed by atoms with van der Waals surface area (Å²) in [6.45, 7) is 6.25. The fourth-order valence-corrected chi connectivity index (χ4v) is 0.642. The Kier molecular flexibility index (Phi) is 5.24. The molecule has 0 atom stereocenters. The van der Waals surface area contributed by atoms with E-state index in [1.54, 1.807) is 13.2 Å². The van der Waals surface area contributed by atoms with Gasteiger partial charge in [-0.2, -0.15) is 0 Å². The topological polar surface area (TPSA) is 35.2 Å². The summed E-state index contributed by atoms with van der Waals surface area (Å²) in [7, 11) is 1.62. The molecule has 0 saturated heterocycles. The molecule has 2 nitrogen and oxygen atoms in total. The number of hydrogen-bond donors (Lipinski definition) is 1. The number of hydrogen-bond acceptors (Lipinski definition) is 2. The van der Waals surface area contributed by atoms with Crippen LogP contribution in [0.3, 0.4) is 0 Å². The van der Waals surface area contributed by atoms with Gasteiger partial charge in [0, 0.05) is 11.8 Å². The van der Waals surface area contributed by atoms with Gasteiger partial charge in [-0.05, 0) is 12.1 Å². The maximum atomic E-state index is 5.45. The quantitative estimate of drug-likeness (QED) is 0.509. The molecular formula is C10H13NO. The van der Waals surface area contributed by atoms with Crippen molar-refractivity contribution in [2.24, 2.45) is 0 Å². The molecule has 12 heavy (non-hydrogen) atoms. The first-order chi connectivity index (χ1) is 5.74. The second-order valence-electron chi connectivity index (χ2n) is 2.03. The van der Waals surface area contributed by atoms with Gasteiger partial charge in [-0.3, -0.25) is 0 Å². The molecule has 0 fully saturated rings. The summed E-state index contributed by atoms with van der Waals surface area (Å²) in [5, 5.41) is 0. The van der Waals surface area contributed by atoms with Crippen LogP contribution in [0.2, 0.25) is 0 Å². The van der Waals surface area contributed by atoms with Crippen LogP contribution in [0.1, 0.15) is 0 Å². The van der Waals surface area contributed by atoms with E-state index in [1.807, 2.05) is 18.2 Å². The van der Waals surface area contributed by atoms with E-state index in [-0.39, 0.29) is 0 Å². The van der Waals surface area contributed by atoms with E-state index in [0.717, 1.165) is 11.4 Å². The van der Waals surface area contributed by atoms with Crippen LogP contribution in [0, 0.1) is 0 Å². The molecule has 0 heterocycles. The summed E-state index contributed by atoms with van der Waals surface area (Å²) < 4.78 is 4.92. The van der Waals surface area contributed by atoms with Crippen LogP contribution < -0.4 is 10.5 Å². The van der Waals surface area contributed by atoms with Gasteiger partial charge in [-0.25, -0.2) is 0 Å². The van der Waals surface area contributed by atoms with Gasteiger partial charge < -0.3 is 10.5 Å². The fraction of sp³-hybridized carbons (Fsp3) is 0.100. The number of ether oxygens (including phenoxy) is 1. The van der Waals surface area contributed by atoms with Crippen LogP contribution >= 0.6 is 0 Å². The second-order valence-corrected chi connectivity index (χ2v) is 2.03. The smallest absolute Gasteiger partial charge is 0.120 e. The number of rotatable bonds is 1. The molecule has 64 valence electrons. The van der Waals surface area contributed by atoms with Crippen LogP contribution in [-0.2, 0) is 0 Å². The number of benzene rings is 1. The van der Waals surface area contributed by atoms with Gasteiger partial charge in [-0.15, -0.1) is 5.73 Å². The lowest BCUT2D eigenvalue weighted by Gasteiger charge is -1.97. The maximum absolute atomic E-state index is 5.45. The number of methoxy groups -OCH3 is 1. The Balaban J connectivity index is 0.000000354. The largest absolute Gasteiger partial charge is 0.497 e. The first kappa shape index (κ1) is 10.3. The Hall–Kier alpha value is -1.66. The van der Waals surface area contributed by atoms with Crippen molar-refractivity contribution in [1.29, 1.82) is 0 Å². The van der Waals surface area contributed by atoms with Crippen LogP contribution in [0.15, 0.2) is 43.2 Å². The summed E-state index contributed by atoms with van der Waals surface area (Å²) in [5.41, 5.74) is 8.44. The first-order valence-electron chi connectivity index (χ1n) is 3.43. The van der Waals surface area contributed by atoms with Crippen molar-refractivity contribution >= 4 is 5.69 Å². The average Bonchev–Trinajstić information content (AvgIpc) is 2.06. The lowest BCUT2D eigenvalue weighted by atomic mass is 10.3. The van der Waals surface area contributed by atoms with Gasteiger partial charge in [0.25, 0.3) is 0 Å². The van der Waals surface area contributed by atoms with E-state index in [2.05, 4.69) is 18.9 Å². The zero-order valence-electron chi connectivity index (χ0n) is 7.21. The molecule has 0 unspecified atom stereocenters. The van der Waals surface area contributed by atoms with Gasteiger partial charge in [0.15, 0.2) is 0 Å². The molecule has 0 saturated carbocycles. The van der Waals surface area contributed by atoms with Crippen molar-refractivity contribution in [3.8, 4) is 5.75 Å². The Morgan fingerprint density at radius 1 is 1.42 bits per heavy atom. The van der Waals surface area contributed by atoms with E-state index < -0.39 is 0 Å². The highest BCUT2D eigenvalue weighted by Gasteiger charge is 1.87. The highest BCUT2D eigenvalue weighted by atomic mass is 16.5. The maximum Gasteiger partial charge on any atom is 0.120 e. The predicted molar refractivity (Wildman–Crippen MR) is 52.2 cm³/mol. The van der Waals surface area contributed by atoms with Crippen LogP contribution in [-0.4, -0.2) is 7.11 Å². The lowest BCUT2D eigenvalue weighted by Crippen LogP contribution is -1.86. The van der Waals surface area contributed by atoms with Gasteiger partial charge >= 0.3 is 0 Å². The minimum Gasteiger partial charge on any atom is -0.497 e. The molecule has 0 radical (unpaired) electrons. The van der Waals surface area contributed by atoms with Gasteiger partial charge in [0.1, 0.15) is 5.75 Å². The van der Waals surface area contributed by atoms with Gasteiger partial charge in [-0.1, -0.05) is 19.2 Å². The van der Waals surface area contributed by atoms with E-state index in [1.165, 1.54) is 0 Å². The standard InChI is InChI=1S/C7H9NO.C3H4/c1-9-7-4-2-3-6(8)5-7;1-3-2/h2-5H,8H2,1H3;1-2H2. The number of anilines is 1. The molecule has 0 aromatic heterocycles. The third-order valence-corrected chi connectivity index (χ3v) is 1.09. The fourth-order valence-electron chi connectivity index (χ4n) is 0.642. The minimum atomic E-state index is 0.731. The molecule has 0 aliphatic heterocycles. The summed E-state index contributed by atoms with van der Waals surface area (Å²) in [5.74, 6) is 0.801. The van der Waals surface area contributed by atoms with Crippen molar-refractivity contribution in [2.45, 2.75) is 0 Å². The number of nitrogens with two attached hydrogens (primary N) is 1. The third-order valence-electron chi connectivity index (χ3n) is 1.09. The lowest BCUT2D eigenvalue weighted by molar-refractivity contribution is 0.415. The first-order valence-corrected chi connectivity index (χ1v) is 3.43. The Morgan fingerprint density at radius 2 is 2.00 bits per heavy atom. The van der Waals surface area contributed by atoms with Crippen LogP contribution in [0.5, 0.6) is 5.75 Å². The van der Waals surface area contributed by atoms with Crippen molar-refractivity contribution in [1.82, 2.24) is 0 Å². The summed E-state index contributed by atoms with van der Waals surface area (Å²) in [4.78, 5) is 0. The Bertz CT molecular complexity index is 262. The minimum absolute atomic E-state index is 0.731. The van der Waals surface area contributed by atoms with Crippen LogP contribution in [0.4, 0.5) is 5.69 Å². The van der Waals surface area contributed by atoms with E-state index in [9.17, 15) is 0 Å². The van der Waals surface area contributed by atoms with Gasteiger partial charge in [0.2, 0.25) is 0 Å². The van der Waals surface area contributed by atoms with Crippen molar-refractivity contribution in [3.05, 3.63) is 43.2 Å². The van der Waals surface area contributed by atoms with Crippen molar-refractivity contribution < 1.29 is 4.74 Å². The molecule has 1 rings (SSSR count). The molecule has 0 bridgehead atoms. The normalized spacial score (nSPS) is 7.42. The van der Waals surface area contributed by atoms with Crippen molar-refractivity contribution in [2.75, 3.05) is 12.8 Å². The van der Waals surface area contributed by atoms with Crippen LogP contribution in [0.25, 0.3) is 0 Å². The zero-order chi connectivity index (χ0) is 9.40. The highest BCUT2D eigenvalue weighted by Crippen LogP contribution is 2.12. The Morgan fingerprint density at radius 3 is 2.33 bits per heavy atom. The van der Waals surface area contributed by atoms with E-state index in [4.69, 9.17) is 10.5 Å². The predicted octanol–water partition coefficient (Wildman–Crippen LogP) is 2.23. The molecule has 2 heteroatoms. The van der Waals surface area contributed by atoms with E-state index in [0.29, 0.717) is 0 Å². The molecular weight excluding hydrogens is 150 g/mol. The average molecular weight is 163 g/mol. The third kappa shape index (κ3) is 4.20. The number of nitrogen functional groups attached to an aromatic ring is 1. The molecule has 0 amide bonds. The summed E-state index contributed by atoms with van der Waals surface area (Å²) in [6.07, 6.45) is 0. The van der Waals surface area contributed by atoms with E-state index >= 15 is 0 Å². The monoisotopic (exact) mass is 163 g/mol. The summed E-state index contributed by atoms with van der Waals surface area (Å²) >= 11 is 0. The summed E-state index contributed by atoms with van der Waals surface area (Å²) in [6, 6.07) is 7.31. The molecule has 0 spiro atoms. The molecule has 0 aliphatic rings. The molecule has 1 aromatic carbocycles. The highest BCUT2D eigenvalue weighted by molar-refractivity contribution is 5.43. The SMILES string of the molecule is C=C=C.COc1cccc(N)c1. The second kappa shape index (κ2) is 6.08. The van der Waals surface area contributed by atoms with Crippen molar-refractivity contribution in [3.63, 3.8) is 0 Å². The molecule has 2 N–H and O–H groups in total. The Labute approximate surface area is 73.0 Å². The molecule has 0 aliphatic carbocycles. The van der Waals surface area contributed by atoms with Gasteiger partial charge in [0.05, 0.1) is 7.11 Å². The molecule has 1 aromatic rings. The zero-order valence-corrected chi connectivity index (χ0v) is 7.21.